The molecular formula is C15H16N4O2. The minimum absolute atomic E-state index is 0.0989. The van der Waals surface area contributed by atoms with Crippen LogP contribution in [0.4, 0.5) is 5.95 Å². The number of nitrogens with one attached hydrogen (secondary N) is 1. The third kappa shape index (κ3) is 1.99. The Hall–Kier alpha value is -2.34. The van der Waals surface area contributed by atoms with E-state index in [1.165, 1.54) is 0 Å². The van der Waals surface area contributed by atoms with E-state index in [2.05, 4.69) is 19.9 Å². The van der Waals surface area contributed by atoms with Gasteiger partial charge in [0.1, 0.15) is 11.3 Å². The number of hydrogen-bond donors (Lipinski definition) is 2. The number of aliphatic hydroxyl groups is 1. The van der Waals surface area contributed by atoms with Crippen LogP contribution in [-0.4, -0.2) is 39.3 Å². The van der Waals surface area contributed by atoms with Gasteiger partial charge in [-0.1, -0.05) is 0 Å². The Balaban J connectivity index is 1.87. The summed E-state index contributed by atoms with van der Waals surface area (Å²) in [5, 5.41) is 10.4. The molecule has 1 fully saturated rings. The van der Waals surface area contributed by atoms with Crippen molar-refractivity contribution >= 4 is 17.0 Å². The quantitative estimate of drug-likeness (QED) is 0.770. The monoisotopic (exact) mass is 284 g/mol. The number of rotatable bonds is 3. The van der Waals surface area contributed by atoms with Gasteiger partial charge < -0.3 is 19.4 Å². The highest BCUT2D eigenvalue weighted by molar-refractivity contribution is 5.90. The minimum Gasteiger partial charge on any atom is -0.463 e. The molecule has 0 aliphatic carbocycles. The molecule has 0 amide bonds. The van der Waals surface area contributed by atoms with Gasteiger partial charge in [-0.15, -0.1) is 0 Å². The molecule has 1 aliphatic heterocycles. The van der Waals surface area contributed by atoms with Gasteiger partial charge in [-0.05, 0) is 31.0 Å². The molecule has 0 radical (unpaired) electrons. The van der Waals surface area contributed by atoms with Crippen LogP contribution in [-0.2, 0) is 0 Å². The van der Waals surface area contributed by atoms with Crippen molar-refractivity contribution in [3.63, 3.8) is 0 Å². The summed E-state index contributed by atoms with van der Waals surface area (Å²) in [6.45, 7) is 0.997. The topological polar surface area (TPSA) is 78.2 Å². The van der Waals surface area contributed by atoms with Gasteiger partial charge in [0.25, 0.3) is 0 Å². The van der Waals surface area contributed by atoms with Crippen LogP contribution in [0.25, 0.3) is 22.5 Å². The highest BCUT2D eigenvalue weighted by Crippen LogP contribution is 2.30. The number of furan rings is 1. The van der Waals surface area contributed by atoms with Crippen LogP contribution < -0.4 is 4.90 Å². The predicted octanol–water partition coefficient (Wildman–Crippen LogP) is 2.18. The zero-order valence-corrected chi connectivity index (χ0v) is 11.5. The van der Waals surface area contributed by atoms with Crippen molar-refractivity contribution < 1.29 is 9.52 Å². The summed E-state index contributed by atoms with van der Waals surface area (Å²) in [5.74, 6) is 1.37. The maximum absolute atomic E-state index is 9.50. The Morgan fingerprint density at radius 1 is 1.38 bits per heavy atom. The van der Waals surface area contributed by atoms with Crippen LogP contribution in [0.5, 0.6) is 0 Å². The first kappa shape index (κ1) is 12.4. The summed E-state index contributed by atoms with van der Waals surface area (Å²) >= 11 is 0. The molecule has 3 aromatic heterocycles. The van der Waals surface area contributed by atoms with E-state index in [0.29, 0.717) is 5.95 Å². The first-order chi connectivity index (χ1) is 10.4. The normalized spacial score (nSPS) is 18.7. The van der Waals surface area contributed by atoms with Gasteiger partial charge >= 0.3 is 0 Å². The van der Waals surface area contributed by atoms with E-state index in [1.54, 1.807) is 6.26 Å². The molecule has 1 aliphatic rings. The summed E-state index contributed by atoms with van der Waals surface area (Å²) in [5.41, 5.74) is 1.57. The van der Waals surface area contributed by atoms with Crippen molar-refractivity contribution in [2.75, 3.05) is 18.1 Å². The number of aliphatic hydroxyl groups excluding tert-OH is 1. The van der Waals surface area contributed by atoms with Crippen molar-refractivity contribution in [2.24, 2.45) is 0 Å². The lowest BCUT2D eigenvalue weighted by molar-refractivity contribution is 0.265. The summed E-state index contributed by atoms with van der Waals surface area (Å²) in [7, 11) is 0. The maximum atomic E-state index is 9.50. The molecule has 108 valence electrons. The third-order valence-electron chi connectivity index (χ3n) is 4.00. The van der Waals surface area contributed by atoms with Gasteiger partial charge in [-0.3, -0.25) is 0 Å². The van der Waals surface area contributed by atoms with Crippen LogP contribution in [0.2, 0.25) is 0 Å². The highest BCUT2D eigenvalue weighted by Gasteiger charge is 2.27. The van der Waals surface area contributed by atoms with E-state index in [9.17, 15) is 5.11 Å². The number of anilines is 1. The van der Waals surface area contributed by atoms with Crippen LogP contribution in [0.15, 0.2) is 35.1 Å². The van der Waals surface area contributed by atoms with E-state index >= 15 is 0 Å². The second-order valence-electron chi connectivity index (χ2n) is 5.26. The Kier molecular flexibility index (Phi) is 2.89. The lowest BCUT2D eigenvalue weighted by Crippen LogP contribution is -2.33. The molecule has 0 aromatic carbocycles. The average molecular weight is 284 g/mol. The number of aromatic amines is 1. The van der Waals surface area contributed by atoms with Gasteiger partial charge in [-0.2, -0.15) is 4.98 Å². The summed E-state index contributed by atoms with van der Waals surface area (Å²) < 4.78 is 5.50. The Morgan fingerprint density at radius 3 is 3.14 bits per heavy atom. The van der Waals surface area contributed by atoms with Gasteiger partial charge in [0.05, 0.1) is 18.9 Å². The Labute approximate surface area is 121 Å². The second kappa shape index (κ2) is 4.89. The van der Waals surface area contributed by atoms with Gasteiger partial charge in [0.15, 0.2) is 5.76 Å². The SMILES string of the molecule is OCC1CCCN1c1nc(-c2ccco2)c2cc[nH]c2n1. The number of H-pyrrole nitrogens is 1. The molecular weight excluding hydrogens is 268 g/mol. The fourth-order valence-electron chi connectivity index (χ4n) is 2.95. The van der Waals surface area contributed by atoms with E-state index in [0.717, 1.165) is 41.9 Å². The molecule has 1 unspecified atom stereocenters. The molecule has 6 nitrogen and oxygen atoms in total. The zero-order valence-electron chi connectivity index (χ0n) is 11.5. The highest BCUT2D eigenvalue weighted by atomic mass is 16.3. The molecule has 0 saturated carbocycles. The lowest BCUT2D eigenvalue weighted by atomic mass is 10.2. The van der Waals surface area contributed by atoms with Crippen LogP contribution in [0.3, 0.4) is 0 Å². The molecule has 4 heterocycles. The first-order valence-electron chi connectivity index (χ1n) is 7.13. The molecule has 3 aromatic rings. The Bertz CT molecular complexity index is 750. The van der Waals surface area contributed by atoms with Gasteiger partial charge in [-0.25, -0.2) is 4.98 Å². The van der Waals surface area contributed by atoms with Crippen molar-refractivity contribution in [1.82, 2.24) is 15.0 Å². The predicted molar refractivity (Wildman–Crippen MR) is 79.0 cm³/mol. The van der Waals surface area contributed by atoms with Crippen LogP contribution in [0.1, 0.15) is 12.8 Å². The smallest absolute Gasteiger partial charge is 0.228 e. The van der Waals surface area contributed by atoms with Crippen molar-refractivity contribution in [2.45, 2.75) is 18.9 Å². The fourth-order valence-corrected chi connectivity index (χ4v) is 2.95. The standard InChI is InChI=1S/C15H16N4O2/c20-9-10-3-1-7-19(10)15-17-13(12-4-2-8-21-12)11-5-6-16-14(11)18-15/h2,4-6,8,10,20H,1,3,7,9H2,(H,16,17,18). The summed E-state index contributed by atoms with van der Waals surface area (Å²) in [4.78, 5) is 14.5. The van der Waals surface area contributed by atoms with E-state index in [4.69, 9.17) is 4.42 Å². The fraction of sp³-hybridized carbons (Fsp3) is 0.333. The minimum atomic E-state index is 0.0989. The number of aromatic nitrogens is 3. The Morgan fingerprint density at radius 2 is 2.33 bits per heavy atom. The number of nitrogens with zero attached hydrogens (tertiary/aromatic N) is 3. The number of hydrogen-bond acceptors (Lipinski definition) is 5. The van der Waals surface area contributed by atoms with Gasteiger partial charge in [0, 0.05) is 18.1 Å². The number of fused-ring (bicyclic) bond motifs is 1. The van der Waals surface area contributed by atoms with E-state index in [1.807, 2.05) is 24.4 Å². The van der Waals surface area contributed by atoms with E-state index in [-0.39, 0.29) is 12.6 Å². The molecule has 1 atom stereocenters. The first-order valence-corrected chi connectivity index (χ1v) is 7.13. The zero-order chi connectivity index (χ0) is 14.2. The lowest BCUT2D eigenvalue weighted by Gasteiger charge is -2.23. The van der Waals surface area contributed by atoms with Crippen molar-refractivity contribution in [3.05, 3.63) is 30.7 Å². The molecule has 2 N–H and O–H groups in total. The molecule has 6 heteroatoms. The molecule has 0 bridgehead atoms. The summed E-state index contributed by atoms with van der Waals surface area (Å²) in [6, 6.07) is 5.79. The van der Waals surface area contributed by atoms with Crippen LogP contribution in [0, 0.1) is 0 Å². The third-order valence-corrected chi connectivity index (χ3v) is 4.00. The van der Waals surface area contributed by atoms with E-state index < -0.39 is 0 Å². The second-order valence-corrected chi connectivity index (χ2v) is 5.26. The van der Waals surface area contributed by atoms with Crippen molar-refractivity contribution in [1.29, 1.82) is 0 Å². The van der Waals surface area contributed by atoms with Gasteiger partial charge in [0.2, 0.25) is 5.95 Å². The maximum Gasteiger partial charge on any atom is 0.228 e. The van der Waals surface area contributed by atoms with Crippen LogP contribution >= 0.6 is 0 Å². The average Bonchev–Trinajstić information content (AvgIpc) is 3.25. The molecule has 0 spiro atoms. The largest absolute Gasteiger partial charge is 0.463 e. The molecule has 4 rings (SSSR count). The molecule has 1 saturated heterocycles. The molecule has 21 heavy (non-hydrogen) atoms. The summed E-state index contributed by atoms with van der Waals surface area (Å²) in [6.07, 6.45) is 5.51. The van der Waals surface area contributed by atoms with Crippen molar-refractivity contribution in [3.8, 4) is 11.5 Å².